The summed E-state index contributed by atoms with van der Waals surface area (Å²) in [5.74, 6) is 1.19. The van der Waals surface area contributed by atoms with Crippen LogP contribution in [0.2, 0.25) is 0 Å². The van der Waals surface area contributed by atoms with Crippen LogP contribution in [-0.2, 0) is 0 Å². The number of hydrogen-bond donors (Lipinski definition) is 2. The molecule has 5 heteroatoms. The fourth-order valence-electron chi connectivity index (χ4n) is 1.42. The molecule has 0 saturated heterocycles. The topological polar surface area (TPSA) is 69.6 Å². The van der Waals surface area contributed by atoms with Gasteiger partial charge in [-0.3, -0.25) is 0 Å². The minimum atomic E-state index is -0.222. The normalized spacial score (nSPS) is 12.6. The number of aromatic nitrogens is 2. The number of aromatic amines is 1. The second-order valence-electron chi connectivity index (χ2n) is 4.13. The molecule has 1 rings (SSSR count). The second-order valence-corrected chi connectivity index (χ2v) is 4.13. The fourth-order valence-corrected chi connectivity index (χ4v) is 1.42. The van der Waals surface area contributed by atoms with Crippen LogP contribution in [0.15, 0.2) is 4.79 Å². The Morgan fingerprint density at radius 3 is 2.47 bits per heavy atom. The van der Waals surface area contributed by atoms with Gasteiger partial charge in [0.05, 0.1) is 0 Å². The van der Waals surface area contributed by atoms with E-state index in [2.05, 4.69) is 23.8 Å². The Hall–Kier alpha value is -1.26. The van der Waals surface area contributed by atoms with Crippen LogP contribution in [0.5, 0.6) is 0 Å². The predicted molar refractivity (Wildman–Crippen MR) is 61.0 cm³/mol. The van der Waals surface area contributed by atoms with Crippen molar-refractivity contribution in [3.05, 3.63) is 21.9 Å². The molecule has 0 bridgehead atoms. The van der Waals surface area contributed by atoms with Crippen molar-refractivity contribution in [3.63, 3.8) is 0 Å². The zero-order valence-corrected chi connectivity index (χ0v) is 9.59. The van der Waals surface area contributed by atoms with Crippen molar-refractivity contribution < 1.29 is 0 Å². The van der Waals surface area contributed by atoms with E-state index in [9.17, 15) is 4.79 Å². The number of aryl methyl sites for hydroxylation is 1. The first-order valence-corrected chi connectivity index (χ1v) is 5.08. The standard InChI is InChI=1S/C10H16BN3O/c1-5(2)6(3)9-8(11-12)10(15)14-7(4)13-9/h5-6,12H,1-4H3,(H,13,14,15). The maximum absolute atomic E-state index is 11.6. The van der Waals surface area contributed by atoms with Gasteiger partial charge in [0.25, 0.3) is 0 Å². The van der Waals surface area contributed by atoms with Crippen LogP contribution in [0.4, 0.5) is 0 Å². The van der Waals surface area contributed by atoms with Gasteiger partial charge in [-0.25, -0.2) is 0 Å². The van der Waals surface area contributed by atoms with E-state index in [-0.39, 0.29) is 11.5 Å². The summed E-state index contributed by atoms with van der Waals surface area (Å²) in [6.45, 7) is 7.94. The molecule has 0 aliphatic heterocycles. The molecule has 0 fully saturated rings. The Kier molecular flexibility index (Phi) is 3.55. The molecule has 1 atom stereocenters. The van der Waals surface area contributed by atoms with Gasteiger partial charge in [-0.2, -0.15) is 0 Å². The van der Waals surface area contributed by atoms with E-state index in [1.165, 1.54) is 0 Å². The quantitative estimate of drug-likeness (QED) is 0.720. The summed E-state index contributed by atoms with van der Waals surface area (Å²) in [5.41, 5.74) is 0.878. The van der Waals surface area contributed by atoms with Gasteiger partial charge in [0.1, 0.15) is 0 Å². The van der Waals surface area contributed by atoms with Crippen LogP contribution in [-0.4, -0.2) is 17.0 Å². The zero-order chi connectivity index (χ0) is 11.6. The van der Waals surface area contributed by atoms with E-state index in [4.69, 9.17) is 5.31 Å². The monoisotopic (exact) mass is 205 g/mol. The van der Waals surface area contributed by atoms with Gasteiger partial charge in [-0.15, -0.1) is 0 Å². The van der Waals surface area contributed by atoms with Crippen LogP contribution in [0.3, 0.4) is 0 Å². The van der Waals surface area contributed by atoms with E-state index in [0.717, 1.165) is 12.8 Å². The van der Waals surface area contributed by atoms with Gasteiger partial charge in [0.15, 0.2) is 0 Å². The third kappa shape index (κ3) is 2.40. The summed E-state index contributed by atoms with van der Waals surface area (Å²) in [7, 11) is 1.08. The number of rotatable bonds is 3. The number of nitrogens with one attached hydrogen (secondary N) is 2. The van der Waals surface area contributed by atoms with E-state index in [0.29, 0.717) is 17.2 Å². The van der Waals surface area contributed by atoms with Crippen molar-refractivity contribution in [2.45, 2.75) is 33.6 Å². The van der Waals surface area contributed by atoms with Gasteiger partial charge >= 0.3 is 89.2 Å². The Balaban J connectivity index is 3.39. The summed E-state index contributed by atoms with van der Waals surface area (Å²) in [6.07, 6.45) is 0. The average Bonchev–Trinajstić information content (AvgIpc) is 2.15. The molecule has 15 heavy (non-hydrogen) atoms. The molecule has 0 radical (unpaired) electrons. The third-order valence-electron chi connectivity index (χ3n) is 2.68. The molecule has 1 aromatic heterocycles. The zero-order valence-electron chi connectivity index (χ0n) is 9.59. The molecule has 4 nitrogen and oxygen atoms in total. The molecular weight excluding hydrogens is 189 g/mol. The molecule has 0 aromatic carbocycles. The first-order chi connectivity index (χ1) is 6.97. The van der Waals surface area contributed by atoms with Crippen molar-refractivity contribution in [2.75, 3.05) is 0 Å². The predicted octanol–water partition coefficient (Wildman–Crippen LogP) is 0.930. The Morgan fingerprint density at radius 2 is 2.00 bits per heavy atom. The molecule has 0 amide bonds. The van der Waals surface area contributed by atoms with Crippen molar-refractivity contribution >= 4 is 12.5 Å². The van der Waals surface area contributed by atoms with Crippen molar-refractivity contribution in [1.29, 1.82) is 5.31 Å². The van der Waals surface area contributed by atoms with E-state index in [1.807, 2.05) is 6.92 Å². The third-order valence-corrected chi connectivity index (χ3v) is 2.68. The molecule has 1 aromatic rings. The van der Waals surface area contributed by atoms with Crippen molar-refractivity contribution in [2.24, 2.45) is 5.92 Å². The summed E-state index contributed by atoms with van der Waals surface area (Å²) >= 11 is 0. The van der Waals surface area contributed by atoms with E-state index < -0.39 is 0 Å². The van der Waals surface area contributed by atoms with Gasteiger partial charge < -0.3 is 0 Å². The summed E-state index contributed by atoms with van der Waals surface area (Å²) in [6, 6.07) is 0. The van der Waals surface area contributed by atoms with Gasteiger partial charge in [0.2, 0.25) is 0 Å². The first kappa shape index (κ1) is 11.8. The molecular formula is C10H16BN3O. The van der Waals surface area contributed by atoms with Crippen LogP contribution >= 0.6 is 0 Å². The van der Waals surface area contributed by atoms with Gasteiger partial charge in [0, 0.05) is 0 Å². The molecule has 0 spiro atoms. The van der Waals surface area contributed by atoms with Crippen LogP contribution < -0.4 is 11.0 Å². The number of H-pyrrole nitrogens is 1. The van der Waals surface area contributed by atoms with Gasteiger partial charge in [-0.1, -0.05) is 0 Å². The molecule has 0 aliphatic carbocycles. The molecule has 1 unspecified atom stereocenters. The second kappa shape index (κ2) is 4.51. The Morgan fingerprint density at radius 1 is 1.40 bits per heavy atom. The van der Waals surface area contributed by atoms with Crippen molar-refractivity contribution in [1.82, 2.24) is 9.97 Å². The van der Waals surface area contributed by atoms with Crippen LogP contribution in [0.1, 0.15) is 38.2 Å². The summed E-state index contributed by atoms with van der Waals surface area (Å²) in [4.78, 5) is 18.5. The SMILES string of the molecule is Cc1nc(C(C)C(C)C)c(B=N)c(=O)[nH]1. The average molecular weight is 205 g/mol. The number of hydrogen-bond acceptors (Lipinski definition) is 3. The van der Waals surface area contributed by atoms with Crippen molar-refractivity contribution in [3.8, 4) is 0 Å². The molecule has 1 heterocycles. The van der Waals surface area contributed by atoms with Crippen LogP contribution in [0, 0.1) is 18.2 Å². The fraction of sp³-hybridized carbons (Fsp3) is 0.600. The molecule has 2 N–H and O–H groups in total. The number of nitrogens with zero attached hydrogens (tertiary/aromatic N) is 1. The molecule has 0 saturated carbocycles. The molecule has 0 aliphatic rings. The van der Waals surface area contributed by atoms with E-state index in [1.54, 1.807) is 6.92 Å². The van der Waals surface area contributed by atoms with Crippen LogP contribution in [0.25, 0.3) is 0 Å². The summed E-state index contributed by atoms with van der Waals surface area (Å²) < 4.78 is 0. The first-order valence-electron chi connectivity index (χ1n) is 5.08. The van der Waals surface area contributed by atoms with Gasteiger partial charge in [-0.05, 0) is 0 Å². The minimum absolute atomic E-state index is 0.183. The summed E-state index contributed by atoms with van der Waals surface area (Å²) in [5, 5.41) is 7.25. The maximum atomic E-state index is 11.6. The Bertz CT molecular complexity index is 425. The molecule has 80 valence electrons. The van der Waals surface area contributed by atoms with E-state index >= 15 is 0 Å². The Labute approximate surface area is 89.9 Å².